The smallest absolute Gasteiger partial charge is 0.347 e. The number of cyclic esters (lactones) is 4. The molecule has 4 saturated carbocycles. The fourth-order valence-electron chi connectivity index (χ4n) is 12.3. The van der Waals surface area contributed by atoms with Gasteiger partial charge in [-0.15, -0.1) is 0 Å². The van der Waals surface area contributed by atoms with Crippen molar-refractivity contribution in [3.63, 3.8) is 0 Å². The summed E-state index contributed by atoms with van der Waals surface area (Å²) in [6, 6.07) is 9.08. The molecule has 10 atom stereocenters. The summed E-state index contributed by atoms with van der Waals surface area (Å²) in [5.41, 5.74) is 1.15. The van der Waals surface area contributed by atoms with Crippen LogP contribution in [0, 0.1) is 52.3 Å². The standard InChI is InChI=1S/C45H54O10/c1-24(2)7-6-8-25(3)34-13-14-35-33-22-38(52-23-51-27-10-12-30-32(20-27)43(50)55-41(30)48)37-21-28(15-17-45(37,5)36(33)16-18-44(34,35)4)53-39(46)26-9-11-29-31(19-26)42(49)54-40(29)47/h9-12,19-20,24-25,28,33-38H,6-8,13-18,21-23H2,1-5H3. The lowest BCUT2D eigenvalue weighted by atomic mass is 9.43. The average molecular weight is 755 g/mol. The Bertz CT molecular complexity index is 1900. The van der Waals surface area contributed by atoms with Crippen molar-refractivity contribution in [2.24, 2.45) is 52.3 Å². The van der Waals surface area contributed by atoms with Crippen LogP contribution in [0.15, 0.2) is 36.4 Å². The minimum absolute atomic E-state index is 0.0197. The van der Waals surface area contributed by atoms with Crippen molar-refractivity contribution in [3.8, 4) is 5.75 Å². The first-order chi connectivity index (χ1) is 26.3. The number of benzene rings is 2. The molecule has 4 aliphatic carbocycles. The van der Waals surface area contributed by atoms with Gasteiger partial charge in [-0.3, -0.25) is 0 Å². The zero-order chi connectivity index (χ0) is 38.8. The number of fused-ring (bicyclic) bond motifs is 7. The predicted octanol–water partition coefficient (Wildman–Crippen LogP) is 8.99. The molecule has 2 aromatic carbocycles. The quantitative estimate of drug-likeness (QED) is 0.0948. The van der Waals surface area contributed by atoms with Crippen molar-refractivity contribution in [1.82, 2.24) is 0 Å². The number of rotatable bonds is 11. The summed E-state index contributed by atoms with van der Waals surface area (Å²) in [5.74, 6) is 1.07. The second kappa shape index (κ2) is 14.5. The maximum Gasteiger partial charge on any atom is 0.347 e. The summed E-state index contributed by atoms with van der Waals surface area (Å²) < 4.78 is 28.5. The Morgan fingerprint density at radius 3 is 2.13 bits per heavy atom. The third kappa shape index (κ3) is 6.70. The molecule has 0 bridgehead atoms. The molecule has 0 radical (unpaired) electrons. The van der Waals surface area contributed by atoms with E-state index in [0.717, 1.165) is 31.1 Å². The maximum absolute atomic E-state index is 13.5. The maximum atomic E-state index is 13.5. The van der Waals surface area contributed by atoms with Gasteiger partial charge in [0.25, 0.3) is 0 Å². The van der Waals surface area contributed by atoms with E-state index in [9.17, 15) is 24.0 Å². The minimum Gasteiger partial charge on any atom is -0.468 e. The van der Waals surface area contributed by atoms with Crippen LogP contribution in [0.3, 0.4) is 0 Å². The van der Waals surface area contributed by atoms with Gasteiger partial charge >= 0.3 is 29.8 Å². The lowest BCUT2D eigenvalue weighted by Gasteiger charge is -2.63. The fourth-order valence-corrected chi connectivity index (χ4v) is 12.3. The van der Waals surface area contributed by atoms with Crippen LogP contribution in [-0.2, 0) is 18.9 Å². The topological polar surface area (TPSA) is 132 Å². The van der Waals surface area contributed by atoms with Crippen molar-refractivity contribution < 1.29 is 47.7 Å². The van der Waals surface area contributed by atoms with Gasteiger partial charge in [0.2, 0.25) is 0 Å². The van der Waals surface area contributed by atoms with Gasteiger partial charge in [-0.25, -0.2) is 24.0 Å². The summed E-state index contributed by atoms with van der Waals surface area (Å²) in [4.78, 5) is 61.8. The third-order valence-electron chi connectivity index (χ3n) is 15.1. The number of esters is 5. The molecule has 4 fully saturated rings. The summed E-state index contributed by atoms with van der Waals surface area (Å²) in [5, 5.41) is 0. The Kier molecular flexibility index (Phi) is 9.96. The first kappa shape index (κ1) is 37.9. The van der Waals surface area contributed by atoms with E-state index >= 15 is 0 Å². The Morgan fingerprint density at radius 2 is 1.40 bits per heavy atom. The Labute approximate surface area is 323 Å². The van der Waals surface area contributed by atoms with Gasteiger partial charge < -0.3 is 23.7 Å². The van der Waals surface area contributed by atoms with E-state index in [1.165, 1.54) is 69.2 Å². The summed E-state index contributed by atoms with van der Waals surface area (Å²) in [7, 11) is 0. The number of ether oxygens (including phenoxy) is 5. The second-order valence-corrected chi connectivity index (χ2v) is 18.3. The number of carbonyl (C=O) groups excluding carboxylic acids is 5. The summed E-state index contributed by atoms with van der Waals surface area (Å²) in [6.45, 7) is 12.1. The van der Waals surface area contributed by atoms with Crippen molar-refractivity contribution >= 4 is 29.8 Å². The molecule has 10 unspecified atom stereocenters. The van der Waals surface area contributed by atoms with Crippen LogP contribution in [0.4, 0.5) is 0 Å². The van der Waals surface area contributed by atoms with Crippen molar-refractivity contribution in [3.05, 3.63) is 64.2 Å². The lowest BCUT2D eigenvalue weighted by Crippen LogP contribution is -2.59. The van der Waals surface area contributed by atoms with Crippen molar-refractivity contribution in [2.45, 2.75) is 117 Å². The minimum atomic E-state index is -0.756. The van der Waals surface area contributed by atoms with Crippen molar-refractivity contribution in [1.29, 1.82) is 0 Å². The van der Waals surface area contributed by atoms with Crippen LogP contribution in [0.1, 0.15) is 157 Å². The molecule has 10 nitrogen and oxygen atoms in total. The SMILES string of the molecule is CC(C)CCCC(C)C1CCC2C3CC(OCOc4ccc5c(c4)C(=O)OC5=O)C4CC(OC(=O)c5ccc6c(c5)C(=O)OC6=O)CCC4(C)C3CCC12C. The van der Waals surface area contributed by atoms with Gasteiger partial charge in [0, 0.05) is 0 Å². The Balaban J connectivity index is 1.01. The molecule has 2 aliphatic heterocycles. The molecule has 8 rings (SSSR count). The van der Waals surface area contributed by atoms with Gasteiger partial charge in [-0.1, -0.05) is 53.9 Å². The fraction of sp³-hybridized carbons (Fsp3) is 0.622. The molecule has 0 saturated heterocycles. The molecule has 0 spiro atoms. The molecule has 0 aromatic heterocycles. The van der Waals surface area contributed by atoms with E-state index in [1.807, 2.05) is 0 Å². The van der Waals surface area contributed by atoms with Gasteiger partial charge in [-0.2, -0.15) is 0 Å². The molecular formula is C45H54O10. The molecule has 294 valence electrons. The normalized spacial score (nSPS) is 33.9. The monoisotopic (exact) mass is 754 g/mol. The molecule has 6 aliphatic rings. The predicted molar refractivity (Wildman–Crippen MR) is 200 cm³/mol. The Hall–Kier alpha value is -4.05. The van der Waals surface area contributed by atoms with Gasteiger partial charge in [0.1, 0.15) is 11.9 Å². The van der Waals surface area contributed by atoms with E-state index in [-0.39, 0.29) is 58.2 Å². The third-order valence-corrected chi connectivity index (χ3v) is 15.1. The van der Waals surface area contributed by atoms with Crippen LogP contribution >= 0.6 is 0 Å². The molecular weight excluding hydrogens is 700 g/mol. The second-order valence-electron chi connectivity index (χ2n) is 18.3. The van der Waals surface area contributed by atoms with E-state index in [2.05, 4.69) is 34.6 Å². The van der Waals surface area contributed by atoms with Crippen LogP contribution < -0.4 is 4.74 Å². The number of carbonyl (C=O) groups is 5. The van der Waals surface area contributed by atoms with Crippen LogP contribution in [0.2, 0.25) is 0 Å². The summed E-state index contributed by atoms with van der Waals surface area (Å²) >= 11 is 0. The molecule has 2 heterocycles. The zero-order valence-electron chi connectivity index (χ0n) is 32.7. The highest BCUT2D eigenvalue weighted by molar-refractivity contribution is 6.16. The highest BCUT2D eigenvalue weighted by Gasteiger charge is 2.63. The molecule has 2 aromatic rings. The van der Waals surface area contributed by atoms with Crippen LogP contribution in [0.25, 0.3) is 0 Å². The Morgan fingerprint density at radius 1 is 0.745 bits per heavy atom. The molecule has 10 heteroatoms. The first-order valence-electron chi connectivity index (χ1n) is 20.5. The number of hydrogen-bond acceptors (Lipinski definition) is 10. The number of hydrogen-bond donors (Lipinski definition) is 0. The molecule has 55 heavy (non-hydrogen) atoms. The highest BCUT2D eigenvalue weighted by atomic mass is 16.7. The van der Waals surface area contributed by atoms with E-state index < -0.39 is 29.8 Å². The highest BCUT2D eigenvalue weighted by Crippen LogP contribution is 2.69. The van der Waals surface area contributed by atoms with Gasteiger partial charge in [-0.05, 0) is 140 Å². The van der Waals surface area contributed by atoms with Crippen LogP contribution in [0.5, 0.6) is 5.75 Å². The first-order valence-corrected chi connectivity index (χ1v) is 20.5. The van der Waals surface area contributed by atoms with Gasteiger partial charge in [0.05, 0.1) is 33.9 Å². The van der Waals surface area contributed by atoms with E-state index in [4.69, 9.17) is 23.7 Å². The van der Waals surface area contributed by atoms with Crippen LogP contribution in [-0.4, -0.2) is 48.8 Å². The van der Waals surface area contributed by atoms with E-state index in [1.54, 1.807) is 12.1 Å². The van der Waals surface area contributed by atoms with Crippen molar-refractivity contribution in [2.75, 3.05) is 6.79 Å². The van der Waals surface area contributed by atoms with E-state index in [0.29, 0.717) is 41.3 Å². The largest absolute Gasteiger partial charge is 0.468 e. The molecule has 0 N–H and O–H groups in total. The lowest BCUT2D eigenvalue weighted by molar-refractivity contribution is -0.199. The summed E-state index contributed by atoms with van der Waals surface area (Å²) in [6.07, 6.45) is 11.6. The average Bonchev–Trinajstić information content (AvgIpc) is 3.76. The zero-order valence-corrected chi connectivity index (χ0v) is 32.7. The van der Waals surface area contributed by atoms with Gasteiger partial charge in [0.15, 0.2) is 6.79 Å². The molecule has 0 amide bonds.